The van der Waals surface area contributed by atoms with E-state index in [4.69, 9.17) is 4.74 Å². The summed E-state index contributed by atoms with van der Waals surface area (Å²) in [6.45, 7) is 4.86. The summed E-state index contributed by atoms with van der Waals surface area (Å²) in [5, 5.41) is 3.84. The number of ether oxygens (including phenoxy) is 1. The standard InChI is InChI=1S/C9H12F2N2O/c1-5-3-13-9(14-4-5)6(2)7(12-13)8(10)11/h5,8H,3-4H2,1-2H3/t5-/m1/s1. The topological polar surface area (TPSA) is 27.1 Å². The van der Waals surface area contributed by atoms with Gasteiger partial charge in [-0.05, 0) is 6.92 Å². The summed E-state index contributed by atoms with van der Waals surface area (Å²) >= 11 is 0. The molecule has 0 saturated carbocycles. The molecule has 0 N–H and O–H groups in total. The number of hydrogen-bond donors (Lipinski definition) is 0. The Morgan fingerprint density at radius 2 is 2.29 bits per heavy atom. The van der Waals surface area contributed by atoms with Crippen LogP contribution in [0.4, 0.5) is 8.78 Å². The second-order valence-corrected chi connectivity index (χ2v) is 3.71. The Hall–Kier alpha value is -1.13. The van der Waals surface area contributed by atoms with Crippen molar-refractivity contribution >= 4 is 0 Å². The van der Waals surface area contributed by atoms with E-state index < -0.39 is 6.43 Å². The van der Waals surface area contributed by atoms with Crippen LogP contribution >= 0.6 is 0 Å². The highest BCUT2D eigenvalue weighted by atomic mass is 19.3. The maximum absolute atomic E-state index is 12.5. The maximum atomic E-state index is 12.5. The Labute approximate surface area is 80.7 Å². The van der Waals surface area contributed by atoms with Crippen LogP contribution in [0.5, 0.6) is 5.88 Å². The summed E-state index contributed by atoms with van der Waals surface area (Å²) in [4.78, 5) is 0. The van der Waals surface area contributed by atoms with E-state index in [9.17, 15) is 8.78 Å². The number of rotatable bonds is 1. The molecule has 0 radical (unpaired) electrons. The van der Waals surface area contributed by atoms with Crippen molar-refractivity contribution in [2.45, 2.75) is 26.8 Å². The SMILES string of the molecule is Cc1c(C(F)F)nn2c1OC[C@H](C)C2. The lowest BCUT2D eigenvalue weighted by atomic mass is 10.2. The average molecular weight is 202 g/mol. The summed E-state index contributed by atoms with van der Waals surface area (Å²) in [6, 6.07) is 0. The van der Waals surface area contributed by atoms with Gasteiger partial charge in [-0.3, -0.25) is 0 Å². The van der Waals surface area contributed by atoms with Crippen molar-refractivity contribution in [1.82, 2.24) is 9.78 Å². The van der Waals surface area contributed by atoms with Gasteiger partial charge < -0.3 is 4.74 Å². The normalized spacial score (nSPS) is 20.8. The van der Waals surface area contributed by atoms with Crippen molar-refractivity contribution in [2.24, 2.45) is 5.92 Å². The van der Waals surface area contributed by atoms with E-state index in [0.29, 0.717) is 30.5 Å². The monoisotopic (exact) mass is 202 g/mol. The van der Waals surface area contributed by atoms with Crippen LogP contribution in [0.1, 0.15) is 24.6 Å². The fourth-order valence-corrected chi connectivity index (χ4v) is 1.64. The molecule has 3 nitrogen and oxygen atoms in total. The highest BCUT2D eigenvalue weighted by Crippen LogP contribution is 2.31. The molecule has 1 aliphatic rings. The predicted molar refractivity (Wildman–Crippen MR) is 46.6 cm³/mol. The molecule has 14 heavy (non-hydrogen) atoms. The Bertz CT molecular complexity index is 349. The van der Waals surface area contributed by atoms with Crippen LogP contribution in [-0.4, -0.2) is 16.4 Å². The van der Waals surface area contributed by atoms with Gasteiger partial charge in [0.25, 0.3) is 6.43 Å². The highest BCUT2D eigenvalue weighted by molar-refractivity contribution is 5.31. The van der Waals surface area contributed by atoms with E-state index >= 15 is 0 Å². The van der Waals surface area contributed by atoms with Crippen LogP contribution in [0, 0.1) is 12.8 Å². The zero-order chi connectivity index (χ0) is 10.3. The summed E-state index contributed by atoms with van der Waals surface area (Å²) < 4.78 is 31.9. The fraction of sp³-hybridized carbons (Fsp3) is 0.667. The Kier molecular flexibility index (Phi) is 2.17. The first kappa shape index (κ1) is 9.43. The summed E-state index contributed by atoms with van der Waals surface area (Å²) in [5.41, 5.74) is 0.306. The van der Waals surface area contributed by atoms with Gasteiger partial charge in [0, 0.05) is 11.5 Å². The zero-order valence-electron chi connectivity index (χ0n) is 8.13. The molecule has 0 unspecified atom stereocenters. The van der Waals surface area contributed by atoms with Crippen LogP contribution in [0.15, 0.2) is 0 Å². The Morgan fingerprint density at radius 1 is 1.57 bits per heavy atom. The van der Waals surface area contributed by atoms with E-state index in [2.05, 4.69) is 5.10 Å². The molecule has 1 atom stereocenters. The highest BCUT2D eigenvalue weighted by Gasteiger charge is 2.26. The molecule has 0 bridgehead atoms. The van der Waals surface area contributed by atoms with Gasteiger partial charge in [-0.25, -0.2) is 13.5 Å². The Morgan fingerprint density at radius 3 is 2.93 bits per heavy atom. The van der Waals surface area contributed by atoms with E-state index in [0.717, 1.165) is 0 Å². The fourth-order valence-electron chi connectivity index (χ4n) is 1.64. The third-order valence-electron chi connectivity index (χ3n) is 2.36. The number of alkyl halides is 2. The lowest BCUT2D eigenvalue weighted by Crippen LogP contribution is -2.23. The lowest BCUT2D eigenvalue weighted by molar-refractivity contribution is 0.143. The number of fused-ring (bicyclic) bond motifs is 1. The minimum atomic E-state index is -2.52. The molecule has 0 saturated heterocycles. The summed E-state index contributed by atoms with van der Waals surface area (Å²) in [5.74, 6) is 0.825. The lowest BCUT2D eigenvalue weighted by Gasteiger charge is -2.20. The minimum Gasteiger partial charge on any atom is -0.477 e. The third kappa shape index (κ3) is 1.36. The molecule has 2 heterocycles. The molecular weight excluding hydrogens is 190 g/mol. The van der Waals surface area contributed by atoms with E-state index in [1.54, 1.807) is 6.92 Å². The molecule has 2 rings (SSSR count). The maximum Gasteiger partial charge on any atom is 0.282 e. The van der Waals surface area contributed by atoms with Gasteiger partial charge in [-0.2, -0.15) is 5.10 Å². The van der Waals surface area contributed by atoms with E-state index in [1.165, 1.54) is 4.68 Å². The van der Waals surface area contributed by atoms with Gasteiger partial charge in [0.15, 0.2) is 0 Å². The van der Waals surface area contributed by atoms with Gasteiger partial charge in [0.2, 0.25) is 5.88 Å². The quantitative estimate of drug-likeness (QED) is 0.697. The number of halogens is 2. The second-order valence-electron chi connectivity index (χ2n) is 3.71. The van der Waals surface area contributed by atoms with Crippen LogP contribution < -0.4 is 4.74 Å². The first-order valence-corrected chi connectivity index (χ1v) is 4.58. The van der Waals surface area contributed by atoms with Crippen LogP contribution in [0.2, 0.25) is 0 Å². The predicted octanol–water partition coefficient (Wildman–Crippen LogP) is 2.16. The van der Waals surface area contributed by atoms with Crippen LogP contribution in [0.3, 0.4) is 0 Å². The summed E-state index contributed by atoms with van der Waals surface area (Å²) in [7, 11) is 0. The number of aromatic nitrogens is 2. The molecule has 78 valence electrons. The van der Waals surface area contributed by atoms with Crippen molar-refractivity contribution in [1.29, 1.82) is 0 Å². The molecule has 1 aliphatic heterocycles. The van der Waals surface area contributed by atoms with Crippen molar-refractivity contribution in [3.05, 3.63) is 11.3 Å². The minimum absolute atomic E-state index is 0.158. The van der Waals surface area contributed by atoms with Gasteiger partial charge in [-0.15, -0.1) is 0 Å². The van der Waals surface area contributed by atoms with Crippen molar-refractivity contribution in [3.8, 4) is 5.88 Å². The summed E-state index contributed by atoms with van der Waals surface area (Å²) in [6.07, 6.45) is -2.52. The first-order valence-electron chi connectivity index (χ1n) is 4.58. The van der Waals surface area contributed by atoms with Gasteiger partial charge in [0.05, 0.1) is 13.2 Å². The number of nitrogens with zero attached hydrogens (tertiary/aromatic N) is 2. The smallest absolute Gasteiger partial charge is 0.282 e. The molecule has 5 heteroatoms. The Balaban J connectivity index is 2.40. The third-order valence-corrected chi connectivity index (χ3v) is 2.36. The molecular formula is C9H12F2N2O. The van der Waals surface area contributed by atoms with Crippen molar-refractivity contribution in [2.75, 3.05) is 6.61 Å². The zero-order valence-corrected chi connectivity index (χ0v) is 8.13. The van der Waals surface area contributed by atoms with Crippen LogP contribution in [-0.2, 0) is 6.54 Å². The van der Waals surface area contributed by atoms with Gasteiger partial charge in [0.1, 0.15) is 5.69 Å². The molecule has 0 amide bonds. The van der Waals surface area contributed by atoms with Crippen molar-refractivity contribution in [3.63, 3.8) is 0 Å². The van der Waals surface area contributed by atoms with E-state index in [1.807, 2.05) is 6.92 Å². The molecule has 0 aromatic carbocycles. The van der Waals surface area contributed by atoms with Crippen molar-refractivity contribution < 1.29 is 13.5 Å². The van der Waals surface area contributed by atoms with Gasteiger partial charge >= 0.3 is 0 Å². The largest absolute Gasteiger partial charge is 0.477 e. The molecule has 0 aliphatic carbocycles. The van der Waals surface area contributed by atoms with E-state index in [-0.39, 0.29) is 5.69 Å². The molecule has 0 spiro atoms. The average Bonchev–Trinajstić information content (AvgIpc) is 2.43. The molecule has 0 fully saturated rings. The number of hydrogen-bond acceptors (Lipinski definition) is 2. The first-order chi connectivity index (χ1) is 6.59. The molecule has 1 aromatic rings. The van der Waals surface area contributed by atoms with Crippen LogP contribution in [0.25, 0.3) is 0 Å². The second kappa shape index (κ2) is 3.22. The van der Waals surface area contributed by atoms with Gasteiger partial charge in [-0.1, -0.05) is 6.92 Å². The molecule has 1 aromatic heterocycles.